The van der Waals surface area contributed by atoms with Gasteiger partial charge in [-0.15, -0.1) is 11.3 Å². The van der Waals surface area contributed by atoms with Crippen LogP contribution in [0.25, 0.3) is 21.6 Å². The van der Waals surface area contributed by atoms with Gasteiger partial charge in [-0.1, -0.05) is 0 Å². The molecular formula is C19H22N6O2S. The number of carbonyl (C=O) groups is 1. The minimum atomic E-state index is 0.0329. The Morgan fingerprint density at radius 1 is 1.32 bits per heavy atom. The Balaban J connectivity index is 1.80. The Labute approximate surface area is 167 Å². The van der Waals surface area contributed by atoms with E-state index in [1.165, 1.54) is 0 Å². The van der Waals surface area contributed by atoms with Crippen molar-refractivity contribution in [1.82, 2.24) is 19.9 Å². The number of ether oxygens (including phenoxy) is 1. The molecule has 8 nitrogen and oxygen atoms in total. The molecule has 1 saturated heterocycles. The van der Waals surface area contributed by atoms with Crippen LogP contribution in [-0.4, -0.2) is 59.1 Å². The van der Waals surface area contributed by atoms with Gasteiger partial charge in [0.15, 0.2) is 5.82 Å². The van der Waals surface area contributed by atoms with Gasteiger partial charge >= 0.3 is 0 Å². The fourth-order valence-electron chi connectivity index (χ4n) is 3.06. The molecule has 146 valence electrons. The fourth-order valence-corrected chi connectivity index (χ4v) is 4.14. The number of anilines is 2. The zero-order valence-corrected chi connectivity index (χ0v) is 16.7. The van der Waals surface area contributed by atoms with Gasteiger partial charge in [0.25, 0.3) is 0 Å². The second-order valence-corrected chi connectivity index (χ2v) is 7.86. The maximum Gasteiger partial charge on any atom is 0.219 e. The molecule has 0 saturated carbocycles. The monoisotopic (exact) mass is 398 g/mol. The fraction of sp³-hybridized carbons (Fsp3) is 0.368. The Kier molecular flexibility index (Phi) is 5.10. The normalized spacial score (nSPS) is 14.4. The number of fused-ring (bicyclic) bond motifs is 1. The van der Waals surface area contributed by atoms with Gasteiger partial charge in [0, 0.05) is 43.7 Å². The molecule has 1 aliphatic heterocycles. The summed E-state index contributed by atoms with van der Waals surface area (Å²) in [5.41, 5.74) is 6.53. The highest BCUT2D eigenvalue weighted by atomic mass is 32.1. The molecule has 0 bridgehead atoms. The highest BCUT2D eigenvalue weighted by molar-refractivity contribution is 7.18. The average Bonchev–Trinajstić information content (AvgIpc) is 3.10. The number of nitrogen functional groups attached to an aromatic ring is 1. The zero-order chi connectivity index (χ0) is 19.7. The molecular weight excluding hydrogens is 376 g/mol. The van der Waals surface area contributed by atoms with E-state index < -0.39 is 0 Å². The average molecular weight is 398 g/mol. The first-order chi connectivity index (χ1) is 13.5. The number of thiophene rings is 1. The number of morpholine rings is 1. The molecule has 0 spiro atoms. The molecule has 4 heterocycles. The van der Waals surface area contributed by atoms with E-state index in [1.807, 2.05) is 6.07 Å². The van der Waals surface area contributed by atoms with E-state index in [4.69, 9.17) is 20.4 Å². The highest BCUT2D eigenvalue weighted by Crippen LogP contribution is 2.34. The summed E-state index contributed by atoms with van der Waals surface area (Å²) in [5, 5.41) is 1.01. The lowest BCUT2D eigenvalue weighted by atomic mass is 10.2. The molecule has 0 atom stereocenters. The number of carbonyl (C=O) groups excluding carboxylic acids is 1. The molecule has 0 unspecified atom stereocenters. The van der Waals surface area contributed by atoms with Crippen LogP contribution in [0, 0.1) is 0 Å². The molecule has 0 aromatic carbocycles. The number of nitrogens with zero attached hydrogens (tertiary/aromatic N) is 5. The summed E-state index contributed by atoms with van der Waals surface area (Å²) < 4.78 is 5.49. The Morgan fingerprint density at radius 2 is 2.11 bits per heavy atom. The van der Waals surface area contributed by atoms with Crippen LogP contribution in [0.4, 0.5) is 11.6 Å². The molecule has 3 aromatic heterocycles. The SMILES string of the molecule is CC(=O)N(C)Cc1cc2c(N3CCOCC3)nc(-c3ccc(N)nc3)nc2s1. The summed E-state index contributed by atoms with van der Waals surface area (Å²) in [7, 11) is 1.80. The highest BCUT2D eigenvalue weighted by Gasteiger charge is 2.20. The Hall–Kier alpha value is -2.78. The Bertz CT molecular complexity index is 998. The van der Waals surface area contributed by atoms with Crippen LogP contribution in [0.5, 0.6) is 0 Å². The lowest BCUT2D eigenvalue weighted by Crippen LogP contribution is -2.37. The molecule has 3 aromatic rings. The minimum absolute atomic E-state index is 0.0329. The second kappa shape index (κ2) is 7.69. The minimum Gasteiger partial charge on any atom is -0.384 e. The van der Waals surface area contributed by atoms with E-state index >= 15 is 0 Å². The maximum atomic E-state index is 11.6. The van der Waals surface area contributed by atoms with Crippen molar-refractivity contribution in [2.24, 2.45) is 0 Å². The van der Waals surface area contributed by atoms with E-state index in [1.54, 1.807) is 42.5 Å². The molecule has 1 aliphatic rings. The van der Waals surface area contributed by atoms with E-state index in [-0.39, 0.29) is 5.91 Å². The van der Waals surface area contributed by atoms with E-state index in [9.17, 15) is 4.79 Å². The number of aromatic nitrogens is 3. The number of amides is 1. The number of rotatable bonds is 4. The van der Waals surface area contributed by atoms with Gasteiger partial charge in [-0.3, -0.25) is 4.79 Å². The number of pyridine rings is 1. The standard InChI is InChI=1S/C19H22N6O2S/c1-12(26)24(2)11-14-9-15-18(25-5-7-27-8-6-25)22-17(23-19(15)28-14)13-3-4-16(20)21-10-13/h3-4,9-10H,5-8,11H2,1-2H3,(H2,20,21). The van der Waals surface area contributed by atoms with E-state index in [0.717, 1.165) is 39.6 Å². The van der Waals surface area contributed by atoms with Crippen molar-refractivity contribution in [3.8, 4) is 11.4 Å². The predicted molar refractivity (Wildman–Crippen MR) is 110 cm³/mol. The molecule has 1 amide bonds. The summed E-state index contributed by atoms with van der Waals surface area (Å²) in [6.45, 7) is 5.03. The third-order valence-corrected chi connectivity index (χ3v) is 5.72. The van der Waals surface area contributed by atoms with Gasteiger partial charge in [-0.25, -0.2) is 15.0 Å². The van der Waals surface area contributed by atoms with E-state index in [2.05, 4.69) is 16.0 Å². The number of nitrogens with two attached hydrogens (primary N) is 1. The van der Waals surface area contributed by atoms with Gasteiger partial charge < -0.3 is 20.3 Å². The summed E-state index contributed by atoms with van der Waals surface area (Å²) in [4.78, 5) is 31.3. The van der Waals surface area contributed by atoms with Crippen molar-refractivity contribution in [1.29, 1.82) is 0 Å². The van der Waals surface area contributed by atoms with Gasteiger partial charge in [-0.2, -0.15) is 0 Å². The van der Waals surface area contributed by atoms with Crippen molar-refractivity contribution >= 4 is 39.1 Å². The lowest BCUT2D eigenvalue weighted by Gasteiger charge is -2.28. The quantitative estimate of drug-likeness (QED) is 0.719. The molecule has 0 radical (unpaired) electrons. The number of hydrogen-bond donors (Lipinski definition) is 1. The third-order valence-electron chi connectivity index (χ3n) is 4.71. The summed E-state index contributed by atoms with van der Waals surface area (Å²) in [6, 6.07) is 5.72. The van der Waals surface area contributed by atoms with Crippen LogP contribution >= 0.6 is 11.3 Å². The van der Waals surface area contributed by atoms with Gasteiger partial charge in [0.05, 0.1) is 25.1 Å². The molecule has 1 fully saturated rings. The molecule has 4 rings (SSSR count). The molecule has 28 heavy (non-hydrogen) atoms. The van der Waals surface area contributed by atoms with Crippen molar-refractivity contribution in [3.63, 3.8) is 0 Å². The van der Waals surface area contributed by atoms with Crippen LogP contribution in [0.15, 0.2) is 24.4 Å². The van der Waals surface area contributed by atoms with Crippen molar-refractivity contribution in [2.75, 3.05) is 44.0 Å². The van der Waals surface area contributed by atoms with Crippen molar-refractivity contribution in [2.45, 2.75) is 13.5 Å². The van der Waals surface area contributed by atoms with Gasteiger partial charge in [0.1, 0.15) is 16.5 Å². The first kappa shape index (κ1) is 18.6. The van der Waals surface area contributed by atoms with Crippen LogP contribution < -0.4 is 10.6 Å². The van der Waals surface area contributed by atoms with Crippen LogP contribution in [0.2, 0.25) is 0 Å². The third kappa shape index (κ3) is 3.76. The van der Waals surface area contributed by atoms with Crippen molar-refractivity contribution in [3.05, 3.63) is 29.3 Å². The van der Waals surface area contributed by atoms with Gasteiger partial charge in [-0.05, 0) is 18.2 Å². The second-order valence-electron chi connectivity index (χ2n) is 6.75. The maximum absolute atomic E-state index is 11.6. The predicted octanol–water partition coefficient (Wildman–Crippen LogP) is 2.15. The van der Waals surface area contributed by atoms with Crippen LogP contribution in [-0.2, 0) is 16.1 Å². The first-order valence-corrected chi connectivity index (χ1v) is 9.89. The summed E-state index contributed by atoms with van der Waals surface area (Å²) in [6.07, 6.45) is 1.69. The van der Waals surface area contributed by atoms with Crippen LogP contribution in [0.3, 0.4) is 0 Å². The topological polar surface area (TPSA) is 97.5 Å². The number of hydrogen-bond acceptors (Lipinski definition) is 8. The van der Waals surface area contributed by atoms with Crippen LogP contribution in [0.1, 0.15) is 11.8 Å². The first-order valence-electron chi connectivity index (χ1n) is 9.08. The smallest absolute Gasteiger partial charge is 0.219 e. The molecule has 9 heteroatoms. The summed E-state index contributed by atoms with van der Waals surface area (Å²) in [5.74, 6) is 2.01. The lowest BCUT2D eigenvalue weighted by molar-refractivity contribution is -0.128. The largest absolute Gasteiger partial charge is 0.384 e. The zero-order valence-electron chi connectivity index (χ0n) is 15.9. The molecule has 0 aliphatic carbocycles. The van der Waals surface area contributed by atoms with Crippen molar-refractivity contribution < 1.29 is 9.53 Å². The Morgan fingerprint density at radius 3 is 2.79 bits per heavy atom. The van der Waals surface area contributed by atoms with E-state index in [0.29, 0.717) is 31.4 Å². The summed E-state index contributed by atoms with van der Waals surface area (Å²) >= 11 is 1.59. The van der Waals surface area contributed by atoms with Gasteiger partial charge in [0.2, 0.25) is 5.91 Å². The molecule has 2 N–H and O–H groups in total.